The maximum absolute atomic E-state index is 9.03. The van der Waals surface area contributed by atoms with Gasteiger partial charge < -0.3 is 10.1 Å². The third-order valence-electron chi connectivity index (χ3n) is 3.51. The number of nitriles is 1. The zero-order valence-corrected chi connectivity index (χ0v) is 11.7. The number of nitrogens with zero attached hydrogens (tertiary/aromatic N) is 1. The Balaban J connectivity index is 2.66. The Morgan fingerprint density at radius 1 is 1.39 bits per heavy atom. The van der Waals surface area contributed by atoms with Gasteiger partial charge in [-0.2, -0.15) is 5.26 Å². The van der Waals surface area contributed by atoms with E-state index in [4.69, 9.17) is 10.00 Å². The zero-order chi connectivity index (χ0) is 13.5. The summed E-state index contributed by atoms with van der Waals surface area (Å²) in [6.45, 7) is 7.42. The Labute approximate surface area is 110 Å². The molecular formula is C15H22N2O. The van der Waals surface area contributed by atoms with Gasteiger partial charge >= 0.3 is 0 Å². The number of benzene rings is 1. The van der Waals surface area contributed by atoms with Crippen LogP contribution in [0, 0.1) is 17.2 Å². The number of hydrogen-bond acceptors (Lipinski definition) is 3. The predicted molar refractivity (Wildman–Crippen MR) is 73.5 cm³/mol. The van der Waals surface area contributed by atoms with Gasteiger partial charge in [0.15, 0.2) is 0 Å². The predicted octanol–water partition coefficient (Wildman–Crippen LogP) is 3.09. The topological polar surface area (TPSA) is 45.0 Å². The van der Waals surface area contributed by atoms with E-state index in [0.717, 1.165) is 12.1 Å². The zero-order valence-electron chi connectivity index (χ0n) is 11.7. The fourth-order valence-electron chi connectivity index (χ4n) is 1.79. The second-order valence-electron chi connectivity index (χ2n) is 4.70. The van der Waals surface area contributed by atoms with Crippen molar-refractivity contribution < 1.29 is 4.74 Å². The highest BCUT2D eigenvalue weighted by molar-refractivity contribution is 5.45. The van der Waals surface area contributed by atoms with E-state index in [1.54, 1.807) is 7.11 Å². The molecule has 0 amide bonds. The summed E-state index contributed by atoms with van der Waals surface area (Å²) in [6.07, 6.45) is 1.17. The SMILES string of the molecule is CCC(C)C(C)NCc1ccc(OC)c(C#N)c1. The third-order valence-corrected chi connectivity index (χ3v) is 3.51. The van der Waals surface area contributed by atoms with Crippen molar-refractivity contribution in [3.63, 3.8) is 0 Å². The van der Waals surface area contributed by atoms with Gasteiger partial charge in [0.05, 0.1) is 12.7 Å². The van der Waals surface area contributed by atoms with Crippen LogP contribution in [0.15, 0.2) is 18.2 Å². The highest BCUT2D eigenvalue weighted by atomic mass is 16.5. The first-order chi connectivity index (χ1) is 8.62. The molecule has 0 fully saturated rings. The molecule has 0 saturated carbocycles. The number of methoxy groups -OCH3 is 1. The molecule has 0 spiro atoms. The number of hydrogen-bond donors (Lipinski definition) is 1. The summed E-state index contributed by atoms with van der Waals surface area (Å²) in [5.74, 6) is 1.29. The standard InChI is InChI=1S/C15H22N2O/c1-5-11(2)12(3)17-10-13-6-7-15(18-4)14(8-13)9-16/h6-8,11-12,17H,5,10H2,1-4H3. The lowest BCUT2D eigenvalue weighted by Crippen LogP contribution is -2.31. The Bertz CT molecular complexity index is 423. The largest absolute Gasteiger partial charge is 0.495 e. The normalized spacial score (nSPS) is 13.7. The van der Waals surface area contributed by atoms with Gasteiger partial charge in [0.2, 0.25) is 0 Å². The van der Waals surface area contributed by atoms with E-state index >= 15 is 0 Å². The Kier molecular flexibility index (Phi) is 5.67. The number of nitrogens with one attached hydrogen (secondary N) is 1. The molecule has 0 heterocycles. The molecule has 1 N–H and O–H groups in total. The maximum Gasteiger partial charge on any atom is 0.136 e. The summed E-state index contributed by atoms with van der Waals surface area (Å²) in [5, 5.41) is 12.5. The second kappa shape index (κ2) is 7.03. The van der Waals surface area contributed by atoms with Gasteiger partial charge in [0.25, 0.3) is 0 Å². The van der Waals surface area contributed by atoms with Crippen LogP contribution in [-0.2, 0) is 6.54 Å². The number of rotatable bonds is 6. The molecule has 98 valence electrons. The van der Waals surface area contributed by atoms with Gasteiger partial charge in [-0.25, -0.2) is 0 Å². The van der Waals surface area contributed by atoms with E-state index in [1.165, 1.54) is 6.42 Å². The lowest BCUT2D eigenvalue weighted by Gasteiger charge is -2.20. The Morgan fingerprint density at radius 2 is 2.11 bits per heavy atom. The molecule has 3 heteroatoms. The molecule has 0 radical (unpaired) electrons. The molecule has 3 nitrogen and oxygen atoms in total. The Morgan fingerprint density at radius 3 is 2.67 bits per heavy atom. The fraction of sp³-hybridized carbons (Fsp3) is 0.533. The van der Waals surface area contributed by atoms with E-state index in [9.17, 15) is 0 Å². The van der Waals surface area contributed by atoms with Gasteiger partial charge in [0, 0.05) is 12.6 Å². The first kappa shape index (κ1) is 14.5. The molecule has 0 aliphatic carbocycles. The van der Waals surface area contributed by atoms with Crippen molar-refractivity contribution in [2.75, 3.05) is 7.11 Å². The van der Waals surface area contributed by atoms with Crippen LogP contribution < -0.4 is 10.1 Å². The Hall–Kier alpha value is -1.53. The van der Waals surface area contributed by atoms with E-state index in [0.29, 0.717) is 23.3 Å². The molecule has 0 aliphatic rings. The third kappa shape index (κ3) is 3.75. The molecule has 0 aromatic heterocycles. The van der Waals surface area contributed by atoms with Crippen LogP contribution >= 0.6 is 0 Å². The smallest absolute Gasteiger partial charge is 0.136 e. The lowest BCUT2D eigenvalue weighted by atomic mass is 10.0. The summed E-state index contributed by atoms with van der Waals surface area (Å²) in [5.41, 5.74) is 1.70. The van der Waals surface area contributed by atoms with Crippen LogP contribution in [0.2, 0.25) is 0 Å². The van der Waals surface area contributed by atoms with Crippen molar-refractivity contribution in [2.24, 2.45) is 5.92 Å². The van der Waals surface area contributed by atoms with Crippen molar-refractivity contribution in [2.45, 2.75) is 39.8 Å². The summed E-state index contributed by atoms with van der Waals surface area (Å²) < 4.78 is 5.13. The summed E-state index contributed by atoms with van der Waals surface area (Å²) in [6, 6.07) is 8.36. The fourth-order valence-corrected chi connectivity index (χ4v) is 1.79. The van der Waals surface area contributed by atoms with Crippen LogP contribution in [0.1, 0.15) is 38.3 Å². The van der Waals surface area contributed by atoms with Crippen LogP contribution in [0.4, 0.5) is 0 Å². The van der Waals surface area contributed by atoms with Crippen molar-refractivity contribution in [3.05, 3.63) is 29.3 Å². The second-order valence-corrected chi connectivity index (χ2v) is 4.70. The number of ether oxygens (including phenoxy) is 1. The van der Waals surface area contributed by atoms with Gasteiger partial charge in [-0.1, -0.05) is 26.3 Å². The van der Waals surface area contributed by atoms with Crippen molar-refractivity contribution in [3.8, 4) is 11.8 Å². The quantitative estimate of drug-likeness (QED) is 0.839. The van der Waals surface area contributed by atoms with E-state index in [1.807, 2.05) is 18.2 Å². The van der Waals surface area contributed by atoms with Crippen molar-refractivity contribution in [1.82, 2.24) is 5.32 Å². The molecular weight excluding hydrogens is 224 g/mol. The molecule has 0 aliphatic heterocycles. The highest BCUT2D eigenvalue weighted by Crippen LogP contribution is 2.19. The lowest BCUT2D eigenvalue weighted by molar-refractivity contribution is 0.389. The average Bonchev–Trinajstić information content (AvgIpc) is 2.43. The molecule has 2 unspecified atom stereocenters. The summed E-state index contributed by atoms with van der Waals surface area (Å²) >= 11 is 0. The molecule has 18 heavy (non-hydrogen) atoms. The maximum atomic E-state index is 9.03. The van der Waals surface area contributed by atoms with Crippen LogP contribution in [-0.4, -0.2) is 13.2 Å². The van der Waals surface area contributed by atoms with Crippen LogP contribution in [0.25, 0.3) is 0 Å². The first-order valence-corrected chi connectivity index (χ1v) is 6.42. The van der Waals surface area contributed by atoms with Gasteiger partial charge in [-0.05, 0) is 30.5 Å². The molecule has 0 bridgehead atoms. The highest BCUT2D eigenvalue weighted by Gasteiger charge is 2.10. The van der Waals surface area contributed by atoms with E-state index in [2.05, 4.69) is 32.2 Å². The summed E-state index contributed by atoms with van der Waals surface area (Å²) in [4.78, 5) is 0. The molecule has 2 atom stereocenters. The van der Waals surface area contributed by atoms with E-state index < -0.39 is 0 Å². The summed E-state index contributed by atoms with van der Waals surface area (Å²) in [7, 11) is 1.58. The van der Waals surface area contributed by atoms with E-state index in [-0.39, 0.29) is 0 Å². The van der Waals surface area contributed by atoms with Gasteiger partial charge in [-0.15, -0.1) is 0 Å². The first-order valence-electron chi connectivity index (χ1n) is 6.42. The monoisotopic (exact) mass is 246 g/mol. The minimum absolute atomic E-state index is 0.475. The van der Waals surface area contributed by atoms with Crippen molar-refractivity contribution in [1.29, 1.82) is 5.26 Å². The van der Waals surface area contributed by atoms with Crippen LogP contribution in [0.3, 0.4) is 0 Å². The molecule has 0 saturated heterocycles. The minimum atomic E-state index is 0.475. The van der Waals surface area contributed by atoms with Crippen molar-refractivity contribution >= 4 is 0 Å². The van der Waals surface area contributed by atoms with Crippen LogP contribution in [0.5, 0.6) is 5.75 Å². The minimum Gasteiger partial charge on any atom is -0.495 e. The molecule has 1 aromatic carbocycles. The average molecular weight is 246 g/mol. The van der Waals surface area contributed by atoms with Gasteiger partial charge in [0.1, 0.15) is 11.8 Å². The molecule has 1 aromatic rings. The molecule has 1 rings (SSSR count). The van der Waals surface area contributed by atoms with Gasteiger partial charge in [-0.3, -0.25) is 0 Å².